The van der Waals surface area contributed by atoms with Crippen LogP contribution in [0.3, 0.4) is 0 Å². The van der Waals surface area contributed by atoms with Crippen LogP contribution in [0, 0.1) is 0 Å². The largest absolute Gasteiger partial charge is 0.462 e. The zero-order chi connectivity index (χ0) is 16.6. The quantitative estimate of drug-likeness (QED) is 0.719. The van der Waals surface area contributed by atoms with Crippen LogP contribution in [0.15, 0.2) is 18.3 Å². The van der Waals surface area contributed by atoms with Crippen molar-refractivity contribution in [3.63, 3.8) is 0 Å². The normalized spacial score (nSPS) is 11.3. The first-order chi connectivity index (χ1) is 11.0. The molecule has 3 aromatic rings. The molecule has 0 saturated carbocycles. The minimum atomic E-state index is -0.510. The fourth-order valence-corrected chi connectivity index (χ4v) is 2.18. The Morgan fingerprint density at radius 1 is 1.35 bits per heavy atom. The van der Waals surface area contributed by atoms with Crippen molar-refractivity contribution >= 4 is 17.4 Å². The van der Waals surface area contributed by atoms with Crippen LogP contribution in [0.2, 0.25) is 0 Å². The molecule has 0 aliphatic rings. The molecule has 0 bridgehead atoms. The number of anilines is 1. The molecular formula is C14H17N7O2. The predicted molar refractivity (Wildman–Crippen MR) is 82.4 cm³/mol. The number of nitrogens with zero attached hydrogens (tertiary/aromatic N) is 6. The van der Waals surface area contributed by atoms with Gasteiger partial charge in [0.2, 0.25) is 0 Å². The predicted octanol–water partition coefficient (Wildman–Crippen LogP) is 1.19. The number of esters is 1. The van der Waals surface area contributed by atoms with Gasteiger partial charge < -0.3 is 10.5 Å². The molecule has 0 fully saturated rings. The summed E-state index contributed by atoms with van der Waals surface area (Å²) in [5.74, 6) is 1.03. The molecule has 0 atom stereocenters. The van der Waals surface area contributed by atoms with Gasteiger partial charge in [-0.2, -0.15) is 14.3 Å². The van der Waals surface area contributed by atoms with Crippen molar-refractivity contribution in [1.29, 1.82) is 0 Å². The number of hydrogen-bond acceptors (Lipinski definition) is 7. The molecule has 0 aliphatic carbocycles. The van der Waals surface area contributed by atoms with E-state index in [0.29, 0.717) is 11.5 Å². The van der Waals surface area contributed by atoms with Gasteiger partial charge in [0, 0.05) is 5.92 Å². The molecule has 0 spiro atoms. The van der Waals surface area contributed by atoms with E-state index in [-0.39, 0.29) is 23.9 Å². The fourth-order valence-electron chi connectivity index (χ4n) is 2.18. The highest BCUT2D eigenvalue weighted by atomic mass is 16.5. The molecular weight excluding hydrogens is 298 g/mol. The number of hydrogen-bond donors (Lipinski definition) is 1. The summed E-state index contributed by atoms with van der Waals surface area (Å²) >= 11 is 0. The van der Waals surface area contributed by atoms with E-state index in [4.69, 9.17) is 10.5 Å². The number of aromatic nitrogens is 6. The Morgan fingerprint density at radius 2 is 2.13 bits per heavy atom. The van der Waals surface area contributed by atoms with Gasteiger partial charge in [-0.3, -0.25) is 0 Å². The summed E-state index contributed by atoms with van der Waals surface area (Å²) in [7, 11) is 0. The first kappa shape index (κ1) is 14.9. The Bertz CT molecular complexity index is 865. The molecule has 0 aromatic carbocycles. The highest BCUT2D eigenvalue weighted by Gasteiger charge is 2.19. The molecule has 3 heterocycles. The van der Waals surface area contributed by atoms with Crippen LogP contribution in [0.1, 0.15) is 42.9 Å². The molecule has 3 aromatic heterocycles. The Balaban J connectivity index is 2.07. The first-order valence-electron chi connectivity index (χ1n) is 7.26. The van der Waals surface area contributed by atoms with Gasteiger partial charge in [-0.15, -0.1) is 15.3 Å². The molecule has 0 saturated heterocycles. The van der Waals surface area contributed by atoms with Gasteiger partial charge in [0.25, 0.3) is 0 Å². The Labute approximate surface area is 132 Å². The maximum atomic E-state index is 11.8. The summed E-state index contributed by atoms with van der Waals surface area (Å²) in [5, 5.41) is 16.8. The van der Waals surface area contributed by atoms with Crippen molar-refractivity contribution in [3.05, 3.63) is 29.7 Å². The van der Waals surface area contributed by atoms with E-state index >= 15 is 0 Å². The molecule has 9 nitrogen and oxygen atoms in total. The lowest BCUT2D eigenvalue weighted by Crippen LogP contribution is -2.11. The summed E-state index contributed by atoms with van der Waals surface area (Å²) < 4.78 is 7.98. The molecule has 3 rings (SSSR count). The monoisotopic (exact) mass is 315 g/mol. The third-order valence-corrected chi connectivity index (χ3v) is 3.31. The van der Waals surface area contributed by atoms with Crippen LogP contribution < -0.4 is 5.73 Å². The maximum absolute atomic E-state index is 11.8. The average molecular weight is 315 g/mol. The van der Waals surface area contributed by atoms with Crippen molar-refractivity contribution in [2.45, 2.75) is 26.7 Å². The number of fused-ring (bicyclic) bond motifs is 1. The highest BCUT2D eigenvalue weighted by Crippen LogP contribution is 2.18. The van der Waals surface area contributed by atoms with E-state index in [1.165, 1.54) is 10.9 Å². The highest BCUT2D eigenvalue weighted by molar-refractivity contribution is 5.94. The minimum absolute atomic E-state index is 0.165. The van der Waals surface area contributed by atoms with Gasteiger partial charge in [0.15, 0.2) is 17.3 Å². The van der Waals surface area contributed by atoms with Crippen LogP contribution in [0.25, 0.3) is 11.5 Å². The van der Waals surface area contributed by atoms with E-state index in [9.17, 15) is 4.79 Å². The van der Waals surface area contributed by atoms with Gasteiger partial charge in [-0.1, -0.05) is 13.8 Å². The Hall–Kier alpha value is -2.97. The summed E-state index contributed by atoms with van der Waals surface area (Å²) in [6.07, 6.45) is 1.37. The van der Waals surface area contributed by atoms with Crippen molar-refractivity contribution in [2.75, 3.05) is 12.3 Å². The number of nitrogen functional groups attached to an aromatic ring is 1. The van der Waals surface area contributed by atoms with E-state index in [1.807, 2.05) is 13.8 Å². The Morgan fingerprint density at radius 3 is 2.83 bits per heavy atom. The lowest BCUT2D eigenvalue weighted by molar-refractivity contribution is 0.0527. The number of ether oxygens (including phenoxy) is 1. The van der Waals surface area contributed by atoms with Crippen molar-refractivity contribution in [2.24, 2.45) is 0 Å². The smallest absolute Gasteiger partial charge is 0.343 e. The van der Waals surface area contributed by atoms with Gasteiger partial charge >= 0.3 is 5.97 Å². The summed E-state index contributed by atoms with van der Waals surface area (Å²) in [6.45, 7) is 6.01. The van der Waals surface area contributed by atoms with E-state index in [1.54, 1.807) is 23.6 Å². The third-order valence-electron chi connectivity index (χ3n) is 3.31. The molecule has 0 aliphatic heterocycles. The average Bonchev–Trinajstić information content (AvgIpc) is 3.10. The van der Waals surface area contributed by atoms with Gasteiger partial charge in [0.05, 0.1) is 12.8 Å². The van der Waals surface area contributed by atoms with Crippen molar-refractivity contribution in [3.8, 4) is 5.82 Å². The molecule has 9 heteroatoms. The third kappa shape index (κ3) is 2.50. The molecule has 120 valence electrons. The molecule has 23 heavy (non-hydrogen) atoms. The van der Waals surface area contributed by atoms with Crippen LogP contribution in [0.5, 0.6) is 0 Å². The van der Waals surface area contributed by atoms with Crippen LogP contribution in [-0.2, 0) is 4.74 Å². The van der Waals surface area contributed by atoms with Crippen LogP contribution in [0.4, 0.5) is 5.82 Å². The molecule has 0 radical (unpaired) electrons. The number of carbonyl (C=O) groups is 1. The summed E-state index contributed by atoms with van der Waals surface area (Å²) in [5.41, 5.74) is 6.85. The molecule has 0 amide bonds. The van der Waals surface area contributed by atoms with E-state index in [2.05, 4.69) is 20.4 Å². The Kier molecular flexibility index (Phi) is 3.68. The second kappa shape index (κ2) is 5.67. The van der Waals surface area contributed by atoms with Crippen LogP contribution >= 0.6 is 0 Å². The van der Waals surface area contributed by atoms with Gasteiger partial charge in [0.1, 0.15) is 11.4 Å². The maximum Gasteiger partial charge on any atom is 0.343 e. The van der Waals surface area contributed by atoms with Crippen LogP contribution in [-0.4, -0.2) is 42.2 Å². The van der Waals surface area contributed by atoms with Crippen molar-refractivity contribution in [1.82, 2.24) is 29.6 Å². The van der Waals surface area contributed by atoms with Crippen molar-refractivity contribution < 1.29 is 9.53 Å². The SMILES string of the molecule is CCOC(=O)c1cnn(-c2ccc3nnc(C(C)C)n3n2)c1N. The standard InChI is InChI=1S/C14H17N7O2/c1-4-23-14(22)9-7-16-20(12(9)15)11-6-5-10-17-18-13(8(2)3)21(10)19-11/h5-8H,4,15H2,1-3H3. The number of rotatable bonds is 4. The van der Waals surface area contributed by atoms with Gasteiger partial charge in [-0.25, -0.2) is 4.79 Å². The number of nitrogens with two attached hydrogens (primary N) is 1. The minimum Gasteiger partial charge on any atom is -0.462 e. The summed E-state index contributed by atoms with van der Waals surface area (Å²) in [4.78, 5) is 11.8. The summed E-state index contributed by atoms with van der Waals surface area (Å²) in [6, 6.07) is 3.48. The first-order valence-corrected chi connectivity index (χ1v) is 7.26. The zero-order valence-electron chi connectivity index (χ0n) is 13.1. The zero-order valence-corrected chi connectivity index (χ0v) is 13.1. The topological polar surface area (TPSA) is 113 Å². The van der Waals surface area contributed by atoms with Gasteiger partial charge in [-0.05, 0) is 19.1 Å². The lowest BCUT2D eigenvalue weighted by atomic mass is 10.2. The fraction of sp³-hybridized carbons (Fsp3) is 0.357. The number of carbonyl (C=O) groups excluding carboxylic acids is 1. The molecule has 2 N–H and O–H groups in total. The lowest BCUT2D eigenvalue weighted by Gasteiger charge is -2.06. The second-order valence-electron chi connectivity index (χ2n) is 5.25. The second-order valence-corrected chi connectivity index (χ2v) is 5.25. The van der Waals surface area contributed by atoms with E-state index < -0.39 is 5.97 Å². The molecule has 0 unspecified atom stereocenters. The van der Waals surface area contributed by atoms with E-state index in [0.717, 1.165) is 5.82 Å².